The molecule has 0 fully saturated rings. The number of methoxy groups -OCH3 is 1. The normalized spacial score (nSPS) is 12.6. The predicted octanol–water partition coefficient (Wildman–Crippen LogP) is 1.87. The molecular weight excluding hydrogens is 312 g/mol. The van der Waals surface area contributed by atoms with E-state index in [1.54, 1.807) is 12.1 Å². The third-order valence-electron chi connectivity index (χ3n) is 3.31. The molecule has 7 heteroatoms. The van der Waals surface area contributed by atoms with E-state index in [4.69, 9.17) is 18.9 Å². The van der Waals surface area contributed by atoms with Gasteiger partial charge in [0.1, 0.15) is 11.6 Å². The van der Waals surface area contributed by atoms with Crippen molar-refractivity contribution in [3.8, 4) is 23.3 Å². The third-order valence-corrected chi connectivity index (χ3v) is 3.31. The van der Waals surface area contributed by atoms with Gasteiger partial charge in [-0.2, -0.15) is 5.26 Å². The number of hydrogen-bond donors (Lipinski definition) is 1. The number of ether oxygens (including phenoxy) is 4. The Morgan fingerprint density at radius 1 is 1.46 bits per heavy atom. The van der Waals surface area contributed by atoms with Gasteiger partial charge in [0.2, 0.25) is 12.5 Å². The Hall–Kier alpha value is -2.72. The summed E-state index contributed by atoms with van der Waals surface area (Å²) in [5.41, 5.74) is 0.629. The molecule has 0 saturated carbocycles. The predicted molar refractivity (Wildman–Crippen MR) is 86.8 cm³/mol. The number of nitrogens with zero attached hydrogens (tertiary/aromatic N) is 1. The summed E-state index contributed by atoms with van der Waals surface area (Å²) in [5, 5.41) is 11.9. The number of carbonyl (C=O) groups is 1. The van der Waals surface area contributed by atoms with Gasteiger partial charge in [0, 0.05) is 19.8 Å². The van der Waals surface area contributed by atoms with Crippen molar-refractivity contribution in [1.82, 2.24) is 5.32 Å². The van der Waals surface area contributed by atoms with Gasteiger partial charge in [-0.25, -0.2) is 0 Å². The molecule has 0 aromatic heterocycles. The largest absolute Gasteiger partial charge is 0.493 e. The van der Waals surface area contributed by atoms with Crippen LogP contribution in [0, 0.1) is 11.3 Å². The minimum absolute atomic E-state index is 0.00679. The summed E-state index contributed by atoms with van der Waals surface area (Å²) in [7, 11) is 1.51. The standard InChI is InChI=1S/C17H20N2O5/c1-3-22-6-4-5-19-17(20)13(10-18)7-12-8-14(21-2)16-15(9-12)23-11-24-16/h7-9H,3-6,11H2,1-2H3,(H,19,20)/b13-7+. The van der Waals surface area contributed by atoms with Crippen LogP contribution in [0.1, 0.15) is 18.9 Å². The fourth-order valence-electron chi connectivity index (χ4n) is 2.16. The number of carbonyl (C=O) groups excluding carboxylic acids is 1. The summed E-state index contributed by atoms with van der Waals surface area (Å²) in [6.45, 7) is 3.69. The van der Waals surface area contributed by atoms with Crippen molar-refractivity contribution < 1.29 is 23.7 Å². The van der Waals surface area contributed by atoms with Gasteiger partial charge in [-0.05, 0) is 37.1 Å². The maximum absolute atomic E-state index is 12.1. The molecule has 24 heavy (non-hydrogen) atoms. The Kier molecular flexibility index (Phi) is 6.46. The number of benzene rings is 1. The summed E-state index contributed by atoms with van der Waals surface area (Å²) in [5.74, 6) is 1.11. The van der Waals surface area contributed by atoms with Crippen LogP contribution < -0.4 is 19.5 Å². The molecule has 1 aromatic carbocycles. The molecule has 128 valence electrons. The Morgan fingerprint density at radius 2 is 2.29 bits per heavy atom. The van der Waals surface area contributed by atoms with E-state index < -0.39 is 5.91 Å². The highest BCUT2D eigenvalue weighted by atomic mass is 16.7. The van der Waals surface area contributed by atoms with E-state index in [0.29, 0.717) is 49.0 Å². The second kappa shape index (κ2) is 8.79. The lowest BCUT2D eigenvalue weighted by Gasteiger charge is -2.07. The van der Waals surface area contributed by atoms with Crippen LogP contribution in [-0.2, 0) is 9.53 Å². The van der Waals surface area contributed by atoms with Crippen molar-refractivity contribution >= 4 is 12.0 Å². The fraction of sp³-hybridized carbons (Fsp3) is 0.412. The molecule has 0 spiro atoms. The monoisotopic (exact) mass is 332 g/mol. The number of nitrogens with one attached hydrogen (secondary N) is 1. The Balaban J connectivity index is 2.07. The first-order valence-corrected chi connectivity index (χ1v) is 7.65. The molecule has 1 aliphatic heterocycles. The second-order valence-electron chi connectivity index (χ2n) is 4.93. The molecule has 0 aliphatic carbocycles. The molecule has 1 N–H and O–H groups in total. The average Bonchev–Trinajstić information content (AvgIpc) is 3.07. The quantitative estimate of drug-likeness (QED) is 0.444. The zero-order valence-electron chi connectivity index (χ0n) is 13.8. The molecule has 0 bridgehead atoms. The highest BCUT2D eigenvalue weighted by Gasteiger charge is 2.20. The average molecular weight is 332 g/mol. The van der Waals surface area contributed by atoms with Gasteiger partial charge in [0.25, 0.3) is 5.91 Å². The highest BCUT2D eigenvalue weighted by molar-refractivity contribution is 6.01. The number of amides is 1. The van der Waals surface area contributed by atoms with E-state index in [1.165, 1.54) is 13.2 Å². The van der Waals surface area contributed by atoms with Gasteiger partial charge >= 0.3 is 0 Å². The van der Waals surface area contributed by atoms with E-state index in [1.807, 2.05) is 13.0 Å². The lowest BCUT2D eigenvalue weighted by molar-refractivity contribution is -0.117. The first-order valence-electron chi connectivity index (χ1n) is 7.65. The molecule has 0 atom stereocenters. The Labute approximate surface area is 140 Å². The van der Waals surface area contributed by atoms with Crippen molar-refractivity contribution in [2.45, 2.75) is 13.3 Å². The maximum Gasteiger partial charge on any atom is 0.261 e. The van der Waals surface area contributed by atoms with Crippen molar-refractivity contribution in [3.05, 3.63) is 23.3 Å². The molecule has 0 unspecified atom stereocenters. The molecule has 1 aliphatic rings. The van der Waals surface area contributed by atoms with Gasteiger partial charge in [-0.15, -0.1) is 0 Å². The maximum atomic E-state index is 12.1. The molecule has 1 amide bonds. The first kappa shape index (κ1) is 17.6. The smallest absolute Gasteiger partial charge is 0.261 e. The van der Waals surface area contributed by atoms with Gasteiger partial charge in [0.05, 0.1) is 7.11 Å². The van der Waals surface area contributed by atoms with Crippen LogP contribution in [0.15, 0.2) is 17.7 Å². The number of nitriles is 1. The first-order chi connectivity index (χ1) is 11.7. The summed E-state index contributed by atoms with van der Waals surface area (Å²) in [6, 6.07) is 5.30. The topological polar surface area (TPSA) is 89.8 Å². The molecule has 7 nitrogen and oxygen atoms in total. The van der Waals surface area contributed by atoms with E-state index >= 15 is 0 Å². The lowest BCUT2D eigenvalue weighted by atomic mass is 10.1. The second-order valence-corrected chi connectivity index (χ2v) is 4.93. The third kappa shape index (κ3) is 4.40. The van der Waals surface area contributed by atoms with Gasteiger partial charge in [-0.3, -0.25) is 4.79 Å². The van der Waals surface area contributed by atoms with Crippen molar-refractivity contribution in [2.75, 3.05) is 33.7 Å². The highest BCUT2D eigenvalue weighted by Crippen LogP contribution is 2.42. The van der Waals surface area contributed by atoms with Crippen LogP contribution in [0.25, 0.3) is 6.08 Å². The molecular formula is C17H20N2O5. The van der Waals surface area contributed by atoms with Crippen LogP contribution in [0.3, 0.4) is 0 Å². The SMILES string of the molecule is CCOCCCNC(=O)/C(C#N)=C/c1cc(OC)c2c(c1)OCO2. The van der Waals surface area contributed by atoms with Crippen LogP contribution >= 0.6 is 0 Å². The fourth-order valence-corrected chi connectivity index (χ4v) is 2.16. The van der Waals surface area contributed by atoms with Gasteiger partial charge in [0.15, 0.2) is 11.5 Å². The summed E-state index contributed by atoms with van der Waals surface area (Å²) in [4.78, 5) is 12.1. The van der Waals surface area contributed by atoms with E-state index in [0.717, 1.165) is 0 Å². The van der Waals surface area contributed by atoms with Crippen LogP contribution in [0.4, 0.5) is 0 Å². The number of hydrogen-bond acceptors (Lipinski definition) is 6. The van der Waals surface area contributed by atoms with Crippen molar-refractivity contribution in [2.24, 2.45) is 0 Å². The Bertz CT molecular complexity index is 664. The van der Waals surface area contributed by atoms with Crippen molar-refractivity contribution in [1.29, 1.82) is 5.26 Å². The summed E-state index contributed by atoms with van der Waals surface area (Å²) >= 11 is 0. The molecule has 0 radical (unpaired) electrons. The summed E-state index contributed by atoms with van der Waals surface area (Å²) < 4.78 is 21.1. The summed E-state index contributed by atoms with van der Waals surface area (Å²) in [6.07, 6.45) is 2.18. The van der Waals surface area contributed by atoms with Crippen molar-refractivity contribution in [3.63, 3.8) is 0 Å². The van der Waals surface area contributed by atoms with E-state index in [2.05, 4.69) is 5.32 Å². The van der Waals surface area contributed by atoms with E-state index in [9.17, 15) is 10.1 Å². The number of rotatable bonds is 8. The minimum Gasteiger partial charge on any atom is -0.493 e. The van der Waals surface area contributed by atoms with E-state index in [-0.39, 0.29) is 12.4 Å². The zero-order chi connectivity index (χ0) is 17.4. The van der Waals surface area contributed by atoms with Crippen LogP contribution in [0.5, 0.6) is 17.2 Å². The van der Waals surface area contributed by atoms with Crippen LogP contribution in [-0.4, -0.2) is 39.6 Å². The van der Waals surface area contributed by atoms with Crippen LogP contribution in [0.2, 0.25) is 0 Å². The lowest BCUT2D eigenvalue weighted by Crippen LogP contribution is -2.26. The Morgan fingerprint density at radius 3 is 3.00 bits per heavy atom. The van der Waals surface area contributed by atoms with Gasteiger partial charge < -0.3 is 24.3 Å². The molecule has 2 rings (SSSR count). The molecule has 1 aromatic rings. The molecule has 0 saturated heterocycles. The molecule has 1 heterocycles. The van der Waals surface area contributed by atoms with Gasteiger partial charge in [-0.1, -0.05) is 0 Å². The number of fused-ring (bicyclic) bond motifs is 1. The zero-order valence-corrected chi connectivity index (χ0v) is 13.8. The minimum atomic E-state index is -0.425.